The molecule has 2 saturated heterocycles. The second-order valence-corrected chi connectivity index (χ2v) is 6.28. The third kappa shape index (κ3) is 2.71. The molecule has 0 N–H and O–H groups in total. The van der Waals surface area contributed by atoms with Crippen LogP contribution in [0, 0.1) is 23.1 Å². The van der Waals surface area contributed by atoms with Crippen molar-refractivity contribution in [2.24, 2.45) is 5.92 Å². The summed E-state index contributed by atoms with van der Waals surface area (Å²) in [5.41, 5.74) is 0.925. The lowest BCUT2D eigenvalue weighted by Crippen LogP contribution is -2.42. The van der Waals surface area contributed by atoms with Gasteiger partial charge in [0.25, 0.3) is 0 Å². The maximum absolute atomic E-state index is 13.3. The number of fused-ring (bicyclic) bond motifs is 2. The lowest BCUT2D eigenvalue weighted by Gasteiger charge is -2.35. The largest absolute Gasteiger partial charge is 0.300 e. The van der Waals surface area contributed by atoms with Crippen molar-refractivity contribution in [2.45, 2.75) is 44.2 Å². The highest BCUT2D eigenvalue weighted by atomic mass is 19.1. The van der Waals surface area contributed by atoms with Crippen molar-refractivity contribution in [3.63, 3.8) is 0 Å². The van der Waals surface area contributed by atoms with Gasteiger partial charge in [-0.2, -0.15) is 5.26 Å². The topological polar surface area (TPSA) is 44.1 Å². The summed E-state index contributed by atoms with van der Waals surface area (Å²) in [5.74, 6) is -0.171. The molecule has 1 aromatic carbocycles. The Hall–Kier alpha value is -1.73. The molecule has 0 amide bonds. The van der Waals surface area contributed by atoms with E-state index in [0.717, 1.165) is 12.8 Å². The number of piperidine rings is 1. The quantitative estimate of drug-likeness (QED) is 0.858. The Morgan fingerprint density at radius 1 is 1.38 bits per heavy atom. The number of benzene rings is 1. The molecule has 2 aliphatic heterocycles. The minimum absolute atomic E-state index is 0.0634. The summed E-state index contributed by atoms with van der Waals surface area (Å²) in [5, 5.41) is 9.07. The Bertz CT molecular complexity index is 593. The first kappa shape index (κ1) is 14.2. The zero-order chi connectivity index (χ0) is 15.0. The normalized spacial score (nSPS) is 28.3. The van der Waals surface area contributed by atoms with Gasteiger partial charge in [-0.1, -0.05) is 0 Å². The van der Waals surface area contributed by atoms with Gasteiger partial charge in [-0.3, -0.25) is 4.79 Å². The number of ketones is 1. The van der Waals surface area contributed by atoms with Gasteiger partial charge in [-0.15, -0.1) is 0 Å². The van der Waals surface area contributed by atoms with Crippen LogP contribution in [0.3, 0.4) is 0 Å². The fourth-order valence-electron chi connectivity index (χ4n) is 3.82. The molecule has 110 valence electrons. The predicted molar refractivity (Wildman–Crippen MR) is 77.1 cm³/mol. The second-order valence-electron chi connectivity index (χ2n) is 6.28. The molecule has 2 heterocycles. The van der Waals surface area contributed by atoms with Gasteiger partial charge < -0.3 is 4.90 Å². The zero-order valence-electron chi connectivity index (χ0n) is 12.2. The van der Waals surface area contributed by atoms with Gasteiger partial charge in [0.05, 0.1) is 11.6 Å². The Balaban J connectivity index is 1.73. The molecule has 0 aliphatic carbocycles. The van der Waals surface area contributed by atoms with Crippen molar-refractivity contribution < 1.29 is 9.18 Å². The van der Waals surface area contributed by atoms with E-state index in [1.54, 1.807) is 0 Å². The third-order valence-corrected chi connectivity index (χ3v) is 5.11. The molecule has 2 aliphatic rings. The van der Waals surface area contributed by atoms with Crippen LogP contribution in [0.5, 0.6) is 0 Å². The summed E-state index contributed by atoms with van der Waals surface area (Å²) in [6.07, 6.45) is 4.34. The van der Waals surface area contributed by atoms with Crippen LogP contribution in [0.4, 0.5) is 4.39 Å². The van der Waals surface area contributed by atoms with Crippen molar-refractivity contribution in [2.75, 3.05) is 7.05 Å². The standard InChI is InChI=1S/C17H19FN2O/c1-20-15-4-5-16(20)8-13(7-15)17(21)9-12-6-14(18)3-2-11(12)10-19/h2-3,6,13,15-16H,4-5,7-9H2,1H3. The van der Waals surface area contributed by atoms with Gasteiger partial charge >= 0.3 is 0 Å². The molecule has 3 nitrogen and oxygen atoms in total. The van der Waals surface area contributed by atoms with Crippen LogP contribution in [0.15, 0.2) is 18.2 Å². The Morgan fingerprint density at radius 2 is 2.05 bits per heavy atom. The van der Waals surface area contributed by atoms with Crippen LogP contribution in [-0.4, -0.2) is 29.8 Å². The van der Waals surface area contributed by atoms with Gasteiger partial charge in [-0.25, -0.2) is 4.39 Å². The van der Waals surface area contributed by atoms with Gasteiger partial charge in [0.2, 0.25) is 0 Å². The van der Waals surface area contributed by atoms with Crippen LogP contribution in [0.2, 0.25) is 0 Å². The Labute approximate surface area is 124 Å². The molecule has 4 heteroatoms. The molecule has 0 spiro atoms. The van der Waals surface area contributed by atoms with Gasteiger partial charge in [-0.05, 0) is 56.5 Å². The van der Waals surface area contributed by atoms with E-state index in [0.29, 0.717) is 23.2 Å². The zero-order valence-corrected chi connectivity index (χ0v) is 12.2. The summed E-state index contributed by atoms with van der Waals surface area (Å²) in [7, 11) is 2.14. The van der Waals surface area contributed by atoms with E-state index in [1.165, 1.54) is 31.0 Å². The first-order valence-corrected chi connectivity index (χ1v) is 7.51. The van der Waals surface area contributed by atoms with Crippen LogP contribution < -0.4 is 0 Å². The molecule has 0 radical (unpaired) electrons. The van der Waals surface area contributed by atoms with E-state index in [9.17, 15) is 9.18 Å². The highest BCUT2D eigenvalue weighted by Crippen LogP contribution is 2.38. The molecule has 0 aromatic heterocycles. The maximum Gasteiger partial charge on any atom is 0.140 e. The number of hydrogen-bond donors (Lipinski definition) is 0. The number of rotatable bonds is 3. The summed E-state index contributed by atoms with van der Waals surface area (Å²) >= 11 is 0. The molecular weight excluding hydrogens is 267 g/mol. The van der Waals surface area contributed by atoms with E-state index in [4.69, 9.17) is 5.26 Å². The van der Waals surface area contributed by atoms with E-state index in [1.807, 2.05) is 6.07 Å². The molecule has 2 bridgehead atoms. The molecule has 2 unspecified atom stereocenters. The van der Waals surface area contributed by atoms with E-state index in [-0.39, 0.29) is 23.9 Å². The lowest BCUT2D eigenvalue weighted by molar-refractivity contribution is -0.124. The molecule has 0 saturated carbocycles. The highest BCUT2D eigenvalue weighted by molar-refractivity contribution is 5.84. The number of halogens is 1. The van der Waals surface area contributed by atoms with E-state index < -0.39 is 0 Å². The van der Waals surface area contributed by atoms with E-state index >= 15 is 0 Å². The van der Waals surface area contributed by atoms with Crippen LogP contribution in [0.25, 0.3) is 0 Å². The van der Waals surface area contributed by atoms with Gasteiger partial charge in [0.15, 0.2) is 0 Å². The smallest absolute Gasteiger partial charge is 0.140 e. The van der Waals surface area contributed by atoms with Crippen molar-refractivity contribution in [3.05, 3.63) is 35.1 Å². The second kappa shape index (κ2) is 5.57. The van der Waals surface area contributed by atoms with Crippen LogP contribution >= 0.6 is 0 Å². The van der Waals surface area contributed by atoms with Crippen molar-refractivity contribution in [1.29, 1.82) is 5.26 Å². The van der Waals surface area contributed by atoms with Crippen molar-refractivity contribution >= 4 is 5.78 Å². The summed E-state index contributed by atoms with van der Waals surface area (Å²) < 4.78 is 13.3. The number of carbonyl (C=O) groups excluding carboxylic acids is 1. The van der Waals surface area contributed by atoms with Gasteiger partial charge in [0.1, 0.15) is 11.6 Å². The van der Waals surface area contributed by atoms with Gasteiger partial charge in [0, 0.05) is 24.4 Å². The Morgan fingerprint density at radius 3 is 2.67 bits per heavy atom. The number of nitriles is 1. The van der Waals surface area contributed by atoms with Crippen LogP contribution in [0.1, 0.15) is 36.8 Å². The minimum Gasteiger partial charge on any atom is -0.300 e. The third-order valence-electron chi connectivity index (χ3n) is 5.11. The van der Waals surface area contributed by atoms with Crippen molar-refractivity contribution in [1.82, 2.24) is 4.90 Å². The predicted octanol–water partition coefficient (Wildman–Crippen LogP) is 2.68. The first-order valence-electron chi connectivity index (χ1n) is 7.51. The average Bonchev–Trinajstić information content (AvgIpc) is 2.69. The minimum atomic E-state index is -0.389. The molecule has 2 fully saturated rings. The summed E-state index contributed by atoms with van der Waals surface area (Å²) in [6.45, 7) is 0. The monoisotopic (exact) mass is 286 g/mol. The Kier molecular flexibility index (Phi) is 3.77. The summed E-state index contributed by atoms with van der Waals surface area (Å²) in [4.78, 5) is 14.9. The number of Topliss-reactive ketones (excluding diaryl/α,β-unsaturated/α-hetero) is 1. The summed E-state index contributed by atoms with van der Waals surface area (Å²) in [6, 6.07) is 7.11. The molecule has 3 rings (SSSR count). The van der Waals surface area contributed by atoms with E-state index in [2.05, 4.69) is 11.9 Å². The fourth-order valence-corrected chi connectivity index (χ4v) is 3.82. The molecular formula is C17H19FN2O. The number of carbonyl (C=O) groups is 1. The first-order chi connectivity index (χ1) is 10.1. The number of nitrogens with zero attached hydrogens (tertiary/aromatic N) is 2. The van der Waals surface area contributed by atoms with Crippen molar-refractivity contribution in [3.8, 4) is 6.07 Å². The fraction of sp³-hybridized carbons (Fsp3) is 0.529. The van der Waals surface area contributed by atoms with Crippen LogP contribution in [-0.2, 0) is 11.2 Å². The molecule has 21 heavy (non-hydrogen) atoms. The maximum atomic E-state index is 13.3. The molecule has 1 aromatic rings. The number of hydrogen-bond acceptors (Lipinski definition) is 3. The average molecular weight is 286 g/mol. The SMILES string of the molecule is CN1C2CCC1CC(C(=O)Cc1cc(F)ccc1C#N)C2. The highest BCUT2D eigenvalue weighted by Gasteiger charge is 2.40. The lowest BCUT2D eigenvalue weighted by atomic mass is 9.85. The molecule has 2 atom stereocenters.